The summed E-state index contributed by atoms with van der Waals surface area (Å²) in [5.74, 6) is 0.0497. The second-order valence-corrected chi connectivity index (χ2v) is 6.27. The second-order valence-electron chi connectivity index (χ2n) is 6.27. The van der Waals surface area contributed by atoms with E-state index in [1.807, 2.05) is 45.3 Å². The first-order valence-corrected chi connectivity index (χ1v) is 7.23. The van der Waals surface area contributed by atoms with Crippen molar-refractivity contribution in [1.82, 2.24) is 4.90 Å². The average molecular weight is 275 g/mol. The van der Waals surface area contributed by atoms with Crippen LogP contribution in [0.5, 0.6) is 0 Å². The van der Waals surface area contributed by atoms with Gasteiger partial charge in [-0.3, -0.25) is 4.79 Å². The Morgan fingerprint density at radius 2 is 2.15 bits per heavy atom. The minimum atomic E-state index is -0.439. The van der Waals surface area contributed by atoms with Crippen LogP contribution in [-0.2, 0) is 11.3 Å². The number of carbonyl (C=O) groups is 1. The highest BCUT2D eigenvalue weighted by Crippen LogP contribution is 2.37. The zero-order valence-electron chi connectivity index (χ0n) is 12.6. The molecule has 2 rings (SSSR count). The number of para-hydroxylation sites is 1. The van der Waals surface area contributed by atoms with Crippen LogP contribution in [0.3, 0.4) is 0 Å². The molecule has 2 unspecified atom stereocenters. The highest BCUT2D eigenvalue weighted by atomic mass is 16.2. The molecule has 0 radical (unpaired) electrons. The van der Waals surface area contributed by atoms with Crippen molar-refractivity contribution in [3.63, 3.8) is 0 Å². The summed E-state index contributed by atoms with van der Waals surface area (Å²) in [6.07, 6.45) is 2.84. The molecule has 1 aliphatic rings. The lowest BCUT2D eigenvalue weighted by atomic mass is 9.84. The van der Waals surface area contributed by atoms with Gasteiger partial charge in [-0.25, -0.2) is 0 Å². The molecule has 0 bridgehead atoms. The number of nitrogens with one attached hydrogen (secondary N) is 1. The maximum atomic E-state index is 12.6. The van der Waals surface area contributed by atoms with E-state index in [1.54, 1.807) is 0 Å². The third-order valence-corrected chi connectivity index (χ3v) is 4.30. The molecule has 4 nitrogen and oxygen atoms in total. The van der Waals surface area contributed by atoms with Gasteiger partial charge in [0, 0.05) is 18.3 Å². The molecule has 1 aromatic carbocycles. The lowest BCUT2D eigenvalue weighted by Crippen LogP contribution is -2.44. The van der Waals surface area contributed by atoms with Crippen molar-refractivity contribution < 1.29 is 4.79 Å². The highest BCUT2D eigenvalue weighted by molar-refractivity contribution is 5.96. The zero-order chi connectivity index (χ0) is 14.8. The number of anilines is 1. The van der Waals surface area contributed by atoms with Crippen molar-refractivity contribution in [3.05, 3.63) is 29.8 Å². The van der Waals surface area contributed by atoms with Gasteiger partial charge in [-0.05, 0) is 45.5 Å². The molecule has 0 aliphatic heterocycles. The summed E-state index contributed by atoms with van der Waals surface area (Å²) in [4.78, 5) is 14.7. The SMILES string of the molecule is CN(C)Cc1ccccc1NC(=O)C1(C)CCCC1N. The molecule has 3 N–H and O–H groups in total. The lowest BCUT2D eigenvalue weighted by Gasteiger charge is -2.28. The predicted molar refractivity (Wildman–Crippen MR) is 82.4 cm³/mol. The van der Waals surface area contributed by atoms with E-state index >= 15 is 0 Å². The number of nitrogens with zero attached hydrogens (tertiary/aromatic N) is 1. The minimum Gasteiger partial charge on any atom is -0.327 e. The average Bonchev–Trinajstić information content (AvgIpc) is 2.73. The normalized spacial score (nSPS) is 25.9. The molecule has 1 fully saturated rings. The van der Waals surface area contributed by atoms with Crippen LogP contribution in [0.15, 0.2) is 24.3 Å². The van der Waals surface area contributed by atoms with Crippen LogP contribution in [0.25, 0.3) is 0 Å². The van der Waals surface area contributed by atoms with Crippen LogP contribution < -0.4 is 11.1 Å². The Kier molecular flexibility index (Phi) is 4.45. The van der Waals surface area contributed by atoms with Crippen LogP contribution in [0.4, 0.5) is 5.69 Å². The van der Waals surface area contributed by atoms with E-state index < -0.39 is 5.41 Å². The van der Waals surface area contributed by atoms with E-state index in [-0.39, 0.29) is 11.9 Å². The molecular weight excluding hydrogens is 250 g/mol. The summed E-state index contributed by atoms with van der Waals surface area (Å²) < 4.78 is 0. The molecule has 0 aromatic heterocycles. The number of rotatable bonds is 4. The Morgan fingerprint density at radius 3 is 2.75 bits per heavy atom. The lowest BCUT2D eigenvalue weighted by molar-refractivity contribution is -0.125. The number of nitrogens with two attached hydrogens (primary N) is 1. The molecule has 1 amide bonds. The molecule has 0 spiro atoms. The highest BCUT2D eigenvalue weighted by Gasteiger charge is 2.43. The van der Waals surface area contributed by atoms with Gasteiger partial charge < -0.3 is 16.0 Å². The monoisotopic (exact) mass is 275 g/mol. The molecule has 2 atom stereocenters. The van der Waals surface area contributed by atoms with Gasteiger partial charge in [0.15, 0.2) is 0 Å². The maximum absolute atomic E-state index is 12.6. The first-order valence-electron chi connectivity index (χ1n) is 7.23. The van der Waals surface area contributed by atoms with E-state index in [0.717, 1.165) is 37.1 Å². The topological polar surface area (TPSA) is 58.4 Å². The standard InChI is InChI=1S/C16H25N3O/c1-16(10-6-9-14(16)17)15(20)18-13-8-5-4-7-12(13)11-19(2)3/h4-5,7-8,14H,6,9-11,17H2,1-3H3,(H,18,20). The van der Waals surface area contributed by atoms with Gasteiger partial charge in [0.05, 0.1) is 5.41 Å². The molecule has 1 aliphatic carbocycles. The minimum absolute atomic E-state index is 0.0384. The number of amides is 1. The van der Waals surface area contributed by atoms with Crippen LogP contribution in [0.1, 0.15) is 31.7 Å². The smallest absolute Gasteiger partial charge is 0.231 e. The number of benzene rings is 1. The van der Waals surface area contributed by atoms with Crippen molar-refractivity contribution in [1.29, 1.82) is 0 Å². The number of carbonyl (C=O) groups excluding carboxylic acids is 1. The maximum Gasteiger partial charge on any atom is 0.231 e. The fourth-order valence-corrected chi connectivity index (χ4v) is 2.86. The van der Waals surface area contributed by atoms with E-state index in [1.165, 1.54) is 0 Å². The summed E-state index contributed by atoms with van der Waals surface area (Å²) in [6.45, 7) is 2.79. The van der Waals surface area contributed by atoms with Gasteiger partial charge in [0.1, 0.15) is 0 Å². The van der Waals surface area contributed by atoms with Crippen molar-refractivity contribution in [3.8, 4) is 0 Å². The predicted octanol–water partition coefficient (Wildman–Crippen LogP) is 2.20. The summed E-state index contributed by atoms with van der Waals surface area (Å²) in [5.41, 5.74) is 7.70. The van der Waals surface area contributed by atoms with Gasteiger partial charge in [0.25, 0.3) is 0 Å². The summed E-state index contributed by atoms with van der Waals surface area (Å²) in [6, 6.07) is 7.92. The summed E-state index contributed by atoms with van der Waals surface area (Å²) in [5, 5.41) is 3.08. The quantitative estimate of drug-likeness (QED) is 0.885. The molecule has 0 saturated heterocycles. The first-order chi connectivity index (χ1) is 9.43. The van der Waals surface area contributed by atoms with E-state index in [2.05, 4.69) is 10.2 Å². The van der Waals surface area contributed by atoms with Gasteiger partial charge >= 0.3 is 0 Å². The molecule has 110 valence electrons. The Hall–Kier alpha value is -1.39. The largest absolute Gasteiger partial charge is 0.327 e. The third kappa shape index (κ3) is 3.02. The number of hydrogen-bond donors (Lipinski definition) is 2. The van der Waals surface area contributed by atoms with E-state index in [0.29, 0.717) is 0 Å². The molecule has 1 aromatic rings. The Labute approximate surface area is 121 Å². The van der Waals surface area contributed by atoms with Gasteiger partial charge in [-0.15, -0.1) is 0 Å². The Morgan fingerprint density at radius 1 is 1.45 bits per heavy atom. The van der Waals surface area contributed by atoms with Crippen LogP contribution in [0.2, 0.25) is 0 Å². The fraction of sp³-hybridized carbons (Fsp3) is 0.562. The summed E-state index contributed by atoms with van der Waals surface area (Å²) in [7, 11) is 4.04. The molecule has 20 heavy (non-hydrogen) atoms. The van der Waals surface area contributed by atoms with Crippen molar-refractivity contribution in [2.75, 3.05) is 19.4 Å². The molecular formula is C16H25N3O. The third-order valence-electron chi connectivity index (χ3n) is 4.30. The first kappa shape index (κ1) is 15.0. The van der Waals surface area contributed by atoms with Crippen molar-refractivity contribution in [2.24, 2.45) is 11.1 Å². The summed E-state index contributed by atoms with van der Waals surface area (Å²) >= 11 is 0. The van der Waals surface area contributed by atoms with Gasteiger partial charge in [0.2, 0.25) is 5.91 Å². The van der Waals surface area contributed by atoms with E-state index in [4.69, 9.17) is 5.73 Å². The Balaban J connectivity index is 2.16. The zero-order valence-corrected chi connectivity index (χ0v) is 12.6. The van der Waals surface area contributed by atoms with Crippen LogP contribution >= 0.6 is 0 Å². The van der Waals surface area contributed by atoms with Gasteiger partial charge in [-0.1, -0.05) is 24.6 Å². The number of hydrogen-bond acceptors (Lipinski definition) is 3. The Bertz CT molecular complexity index is 486. The fourth-order valence-electron chi connectivity index (χ4n) is 2.86. The van der Waals surface area contributed by atoms with Crippen LogP contribution in [-0.4, -0.2) is 30.9 Å². The van der Waals surface area contributed by atoms with Gasteiger partial charge in [-0.2, -0.15) is 0 Å². The van der Waals surface area contributed by atoms with Crippen LogP contribution in [0, 0.1) is 5.41 Å². The van der Waals surface area contributed by atoms with Crippen molar-refractivity contribution >= 4 is 11.6 Å². The molecule has 0 heterocycles. The molecule has 4 heteroatoms. The second kappa shape index (κ2) is 5.94. The van der Waals surface area contributed by atoms with E-state index in [9.17, 15) is 4.79 Å². The molecule has 1 saturated carbocycles. The van der Waals surface area contributed by atoms with Crippen molar-refractivity contribution in [2.45, 2.75) is 38.8 Å².